The van der Waals surface area contributed by atoms with E-state index < -0.39 is 0 Å². The molecule has 1 N–H and O–H groups in total. The van der Waals surface area contributed by atoms with E-state index in [-0.39, 0.29) is 0 Å². The highest BCUT2D eigenvalue weighted by molar-refractivity contribution is 7.10. The number of hydrogen-bond donors (Lipinski definition) is 1. The number of rotatable bonds is 4. The molecule has 1 aliphatic heterocycles. The molecule has 2 unspecified atom stereocenters. The molecule has 0 amide bonds. The zero-order valence-electron chi connectivity index (χ0n) is 8.53. The number of ether oxygens (including phenoxy) is 1. The third-order valence-corrected chi connectivity index (χ3v) is 3.76. The highest BCUT2D eigenvalue weighted by Gasteiger charge is 2.16. The van der Waals surface area contributed by atoms with Gasteiger partial charge in [-0.25, -0.2) is 0 Å². The fraction of sp³-hybridized carbons (Fsp3) is 0.636. The minimum Gasteiger partial charge on any atom is -0.381 e. The molecule has 1 aromatic heterocycles. The van der Waals surface area contributed by atoms with Gasteiger partial charge >= 0.3 is 0 Å². The summed E-state index contributed by atoms with van der Waals surface area (Å²) in [6.07, 6.45) is 1.21. The molecule has 0 radical (unpaired) electrons. The fourth-order valence-corrected chi connectivity index (χ4v) is 2.48. The molecule has 0 aromatic carbocycles. The quantitative estimate of drug-likeness (QED) is 0.826. The van der Waals surface area contributed by atoms with Gasteiger partial charge in [0.05, 0.1) is 6.61 Å². The first-order valence-corrected chi connectivity index (χ1v) is 6.09. The van der Waals surface area contributed by atoms with Crippen LogP contribution in [0, 0.1) is 5.92 Å². The van der Waals surface area contributed by atoms with Gasteiger partial charge in [0.15, 0.2) is 0 Å². The van der Waals surface area contributed by atoms with Gasteiger partial charge < -0.3 is 10.1 Å². The van der Waals surface area contributed by atoms with Crippen LogP contribution in [0.1, 0.15) is 24.3 Å². The maximum absolute atomic E-state index is 5.34. The summed E-state index contributed by atoms with van der Waals surface area (Å²) in [7, 11) is 0. The van der Waals surface area contributed by atoms with Crippen LogP contribution in [0.3, 0.4) is 0 Å². The van der Waals surface area contributed by atoms with Crippen molar-refractivity contribution in [3.8, 4) is 0 Å². The van der Waals surface area contributed by atoms with Crippen molar-refractivity contribution >= 4 is 11.3 Å². The largest absolute Gasteiger partial charge is 0.381 e. The van der Waals surface area contributed by atoms with Crippen LogP contribution >= 0.6 is 11.3 Å². The number of thiophene rings is 1. The van der Waals surface area contributed by atoms with Gasteiger partial charge in [-0.3, -0.25) is 0 Å². The molecular weight excluding hydrogens is 194 g/mol. The lowest BCUT2D eigenvalue weighted by Gasteiger charge is -2.14. The third-order valence-electron chi connectivity index (χ3n) is 2.71. The molecule has 2 heterocycles. The maximum Gasteiger partial charge on any atom is 0.0507 e. The summed E-state index contributed by atoms with van der Waals surface area (Å²) < 4.78 is 5.34. The molecule has 2 rings (SSSR count). The Morgan fingerprint density at radius 2 is 2.64 bits per heavy atom. The molecule has 14 heavy (non-hydrogen) atoms. The zero-order valence-corrected chi connectivity index (χ0v) is 9.35. The molecule has 1 saturated heterocycles. The third kappa shape index (κ3) is 2.56. The molecule has 1 aromatic rings. The van der Waals surface area contributed by atoms with Crippen molar-refractivity contribution in [2.45, 2.75) is 19.4 Å². The zero-order chi connectivity index (χ0) is 9.80. The van der Waals surface area contributed by atoms with Crippen molar-refractivity contribution in [1.82, 2.24) is 5.32 Å². The van der Waals surface area contributed by atoms with E-state index in [1.54, 1.807) is 0 Å². The fourth-order valence-electron chi connectivity index (χ4n) is 1.73. The van der Waals surface area contributed by atoms with Crippen LogP contribution in [0.15, 0.2) is 17.5 Å². The summed E-state index contributed by atoms with van der Waals surface area (Å²) in [5, 5.41) is 5.69. The summed E-state index contributed by atoms with van der Waals surface area (Å²) in [6, 6.07) is 4.78. The van der Waals surface area contributed by atoms with Crippen molar-refractivity contribution in [3.05, 3.63) is 22.4 Å². The minimum atomic E-state index is 0.482. The molecule has 1 aliphatic rings. The van der Waals surface area contributed by atoms with Crippen molar-refractivity contribution in [2.75, 3.05) is 19.8 Å². The van der Waals surface area contributed by atoms with Crippen LogP contribution in [0.4, 0.5) is 0 Å². The summed E-state index contributed by atoms with van der Waals surface area (Å²) in [6.45, 7) is 5.19. The second-order valence-electron chi connectivity index (χ2n) is 3.87. The van der Waals surface area contributed by atoms with Gasteiger partial charge in [0.1, 0.15) is 0 Å². The Morgan fingerprint density at radius 3 is 3.29 bits per heavy atom. The first-order valence-electron chi connectivity index (χ1n) is 5.21. The topological polar surface area (TPSA) is 21.3 Å². The van der Waals surface area contributed by atoms with Gasteiger partial charge in [-0.2, -0.15) is 0 Å². The number of hydrogen-bond acceptors (Lipinski definition) is 3. The Hall–Kier alpha value is -0.380. The highest BCUT2D eigenvalue weighted by atomic mass is 32.1. The van der Waals surface area contributed by atoms with Crippen LogP contribution < -0.4 is 5.32 Å². The van der Waals surface area contributed by atoms with E-state index in [1.165, 1.54) is 11.3 Å². The van der Waals surface area contributed by atoms with Gasteiger partial charge in [-0.15, -0.1) is 11.3 Å². The molecule has 2 nitrogen and oxygen atoms in total. The van der Waals surface area contributed by atoms with E-state index in [0.29, 0.717) is 6.04 Å². The lowest BCUT2D eigenvalue weighted by atomic mass is 10.1. The highest BCUT2D eigenvalue weighted by Crippen LogP contribution is 2.19. The van der Waals surface area contributed by atoms with Gasteiger partial charge in [0.25, 0.3) is 0 Å². The molecule has 0 saturated carbocycles. The van der Waals surface area contributed by atoms with Gasteiger partial charge in [-0.1, -0.05) is 6.07 Å². The van der Waals surface area contributed by atoms with E-state index in [0.717, 1.165) is 25.7 Å². The summed E-state index contributed by atoms with van der Waals surface area (Å²) >= 11 is 1.82. The van der Waals surface area contributed by atoms with E-state index in [2.05, 4.69) is 29.8 Å². The lowest BCUT2D eigenvalue weighted by molar-refractivity contribution is 0.184. The first-order chi connectivity index (χ1) is 6.86. The Morgan fingerprint density at radius 1 is 1.71 bits per heavy atom. The summed E-state index contributed by atoms with van der Waals surface area (Å²) in [4.78, 5) is 1.42. The first kappa shape index (κ1) is 10.1. The predicted molar refractivity (Wildman–Crippen MR) is 59.7 cm³/mol. The van der Waals surface area contributed by atoms with Gasteiger partial charge in [0.2, 0.25) is 0 Å². The Kier molecular flexibility index (Phi) is 3.56. The van der Waals surface area contributed by atoms with E-state index in [1.807, 2.05) is 11.3 Å². The standard InChI is InChI=1S/C11H17NOS/c1-9(11-3-2-6-14-11)12-7-10-4-5-13-8-10/h2-3,6,9-10,12H,4-5,7-8H2,1H3. The van der Waals surface area contributed by atoms with Crippen molar-refractivity contribution in [3.63, 3.8) is 0 Å². The molecule has 2 atom stereocenters. The van der Waals surface area contributed by atoms with Crippen LogP contribution in [0.5, 0.6) is 0 Å². The van der Waals surface area contributed by atoms with Crippen LogP contribution in [-0.2, 0) is 4.74 Å². The molecule has 3 heteroatoms. The van der Waals surface area contributed by atoms with Gasteiger partial charge in [0, 0.05) is 24.1 Å². The normalized spacial score (nSPS) is 23.9. The monoisotopic (exact) mass is 211 g/mol. The maximum atomic E-state index is 5.34. The number of nitrogens with one attached hydrogen (secondary N) is 1. The second-order valence-corrected chi connectivity index (χ2v) is 4.85. The molecule has 78 valence electrons. The van der Waals surface area contributed by atoms with E-state index >= 15 is 0 Å². The molecule has 0 spiro atoms. The van der Waals surface area contributed by atoms with E-state index in [4.69, 9.17) is 4.74 Å². The lowest BCUT2D eigenvalue weighted by Crippen LogP contribution is -2.25. The van der Waals surface area contributed by atoms with Crippen molar-refractivity contribution in [1.29, 1.82) is 0 Å². The predicted octanol–water partition coefficient (Wildman–Crippen LogP) is 2.44. The molecule has 0 aliphatic carbocycles. The van der Waals surface area contributed by atoms with Crippen LogP contribution in [0.25, 0.3) is 0 Å². The summed E-state index contributed by atoms with van der Waals surface area (Å²) in [5.74, 6) is 0.720. The van der Waals surface area contributed by atoms with Crippen LogP contribution in [0.2, 0.25) is 0 Å². The Bertz CT molecular complexity index is 254. The van der Waals surface area contributed by atoms with E-state index in [9.17, 15) is 0 Å². The Labute approximate surface area is 89.3 Å². The average Bonchev–Trinajstić information content (AvgIpc) is 2.87. The minimum absolute atomic E-state index is 0.482. The Balaban J connectivity index is 1.74. The SMILES string of the molecule is CC(NCC1CCOC1)c1cccs1. The molecule has 0 bridgehead atoms. The molecule has 1 fully saturated rings. The van der Waals surface area contributed by atoms with Crippen molar-refractivity contribution in [2.24, 2.45) is 5.92 Å². The second kappa shape index (κ2) is 4.91. The average molecular weight is 211 g/mol. The van der Waals surface area contributed by atoms with Crippen LogP contribution in [-0.4, -0.2) is 19.8 Å². The smallest absolute Gasteiger partial charge is 0.0507 e. The van der Waals surface area contributed by atoms with Gasteiger partial charge in [-0.05, 0) is 30.7 Å². The molecular formula is C11H17NOS. The summed E-state index contributed by atoms with van der Waals surface area (Å²) in [5.41, 5.74) is 0. The van der Waals surface area contributed by atoms with Crippen molar-refractivity contribution < 1.29 is 4.74 Å².